The lowest BCUT2D eigenvalue weighted by Crippen LogP contribution is -2.26. The zero-order chi connectivity index (χ0) is 18.4. The highest BCUT2D eigenvalue weighted by Gasteiger charge is 2.22. The number of hydrogen-bond donors (Lipinski definition) is 0. The molecule has 2 aromatic heterocycles. The van der Waals surface area contributed by atoms with Crippen LogP contribution in [0.4, 0.5) is 0 Å². The van der Waals surface area contributed by atoms with Gasteiger partial charge in [-0.2, -0.15) is 0 Å². The van der Waals surface area contributed by atoms with Crippen LogP contribution in [0.1, 0.15) is 35.1 Å². The molecular formula is C22H24ClN3. The van der Waals surface area contributed by atoms with Gasteiger partial charge < -0.3 is 9.47 Å². The standard InChI is InChI=1S/C22H24ClN3/c1-14(17-9-15(2)24-16(3)10-17)12-26-21-6-5-18(23)11-19(21)20-13-25(4)8-7-22(20)26/h5-6,9-12H,7-8,13H2,1-4H3/b14-12+. The van der Waals surface area contributed by atoms with E-state index in [1.807, 2.05) is 6.07 Å². The maximum absolute atomic E-state index is 6.30. The lowest BCUT2D eigenvalue weighted by atomic mass is 10.0. The van der Waals surface area contributed by atoms with Gasteiger partial charge in [-0.1, -0.05) is 11.6 Å². The van der Waals surface area contributed by atoms with E-state index in [4.69, 9.17) is 11.6 Å². The van der Waals surface area contributed by atoms with Crippen LogP contribution in [0, 0.1) is 13.8 Å². The SMILES string of the molecule is C/C(=C\n1c2c(c3cc(Cl)ccc31)CN(C)CC2)c1cc(C)nc(C)c1. The third-order valence-corrected chi connectivity index (χ3v) is 5.44. The lowest BCUT2D eigenvalue weighted by molar-refractivity contribution is 0.312. The zero-order valence-corrected chi connectivity index (χ0v) is 16.6. The number of benzene rings is 1. The van der Waals surface area contributed by atoms with Crippen LogP contribution in [0.5, 0.6) is 0 Å². The summed E-state index contributed by atoms with van der Waals surface area (Å²) in [5.74, 6) is 0. The summed E-state index contributed by atoms with van der Waals surface area (Å²) in [4.78, 5) is 6.87. The molecule has 0 saturated heterocycles. The molecule has 4 rings (SSSR count). The molecule has 1 aliphatic heterocycles. The van der Waals surface area contributed by atoms with Crippen LogP contribution in [0.3, 0.4) is 0 Å². The Labute approximate surface area is 159 Å². The number of fused-ring (bicyclic) bond motifs is 3. The number of rotatable bonds is 2. The van der Waals surface area contributed by atoms with Gasteiger partial charge in [0.15, 0.2) is 0 Å². The van der Waals surface area contributed by atoms with E-state index in [-0.39, 0.29) is 0 Å². The van der Waals surface area contributed by atoms with Crippen molar-refractivity contribution in [1.29, 1.82) is 0 Å². The number of aromatic nitrogens is 2. The number of allylic oxidation sites excluding steroid dienone is 1. The quantitative estimate of drug-likeness (QED) is 0.613. The van der Waals surface area contributed by atoms with Crippen LogP contribution in [0.2, 0.25) is 5.02 Å². The van der Waals surface area contributed by atoms with Crippen LogP contribution in [-0.4, -0.2) is 28.0 Å². The zero-order valence-electron chi connectivity index (χ0n) is 15.8. The molecule has 0 spiro atoms. The number of likely N-dealkylation sites (N-methyl/N-ethyl adjacent to an activating group) is 1. The van der Waals surface area contributed by atoms with Crippen LogP contribution in [0.25, 0.3) is 22.7 Å². The van der Waals surface area contributed by atoms with E-state index < -0.39 is 0 Å². The molecule has 0 unspecified atom stereocenters. The smallest absolute Gasteiger partial charge is 0.0529 e. The molecule has 0 N–H and O–H groups in total. The van der Waals surface area contributed by atoms with Crippen molar-refractivity contribution in [1.82, 2.24) is 14.5 Å². The van der Waals surface area contributed by atoms with Crippen LogP contribution >= 0.6 is 11.6 Å². The van der Waals surface area contributed by atoms with Crippen molar-refractivity contribution in [3.8, 4) is 0 Å². The molecule has 4 heteroatoms. The van der Waals surface area contributed by atoms with Gasteiger partial charge in [-0.05, 0) is 74.9 Å². The number of hydrogen-bond acceptors (Lipinski definition) is 2. The molecule has 134 valence electrons. The number of halogens is 1. The van der Waals surface area contributed by atoms with Crippen molar-refractivity contribution in [2.24, 2.45) is 0 Å². The molecule has 0 radical (unpaired) electrons. The topological polar surface area (TPSA) is 21.1 Å². The van der Waals surface area contributed by atoms with Gasteiger partial charge >= 0.3 is 0 Å². The first-order valence-electron chi connectivity index (χ1n) is 9.06. The van der Waals surface area contributed by atoms with E-state index in [2.05, 4.69) is 72.7 Å². The molecule has 3 heterocycles. The minimum Gasteiger partial charge on any atom is -0.320 e. The largest absolute Gasteiger partial charge is 0.320 e. The van der Waals surface area contributed by atoms with E-state index in [0.717, 1.165) is 35.9 Å². The van der Waals surface area contributed by atoms with Crippen molar-refractivity contribution < 1.29 is 0 Å². The fourth-order valence-corrected chi connectivity index (χ4v) is 4.15. The summed E-state index contributed by atoms with van der Waals surface area (Å²) in [5.41, 5.74) is 8.63. The van der Waals surface area contributed by atoms with E-state index in [0.29, 0.717) is 0 Å². The van der Waals surface area contributed by atoms with E-state index in [9.17, 15) is 0 Å². The van der Waals surface area contributed by atoms with Gasteiger partial charge in [-0.25, -0.2) is 0 Å². The lowest BCUT2D eigenvalue weighted by Gasteiger charge is -2.23. The Morgan fingerprint density at radius 3 is 2.62 bits per heavy atom. The molecule has 0 fully saturated rings. The van der Waals surface area contributed by atoms with E-state index >= 15 is 0 Å². The third kappa shape index (κ3) is 3.06. The fourth-order valence-electron chi connectivity index (χ4n) is 3.98. The van der Waals surface area contributed by atoms with Gasteiger partial charge in [0.2, 0.25) is 0 Å². The molecule has 26 heavy (non-hydrogen) atoms. The minimum atomic E-state index is 0.798. The van der Waals surface area contributed by atoms with Crippen LogP contribution in [-0.2, 0) is 13.0 Å². The molecule has 3 nitrogen and oxygen atoms in total. The van der Waals surface area contributed by atoms with Gasteiger partial charge in [0.25, 0.3) is 0 Å². The Hall–Kier alpha value is -2.10. The second kappa shape index (κ2) is 6.57. The average Bonchev–Trinajstić information content (AvgIpc) is 2.86. The second-order valence-electron chi connectivity index (χ2n) is 7.40. The predicted octanol–water partition coefficient (Wildman–Crippen LogP) is 5.31. The van der Waals surface area contributed by atoms with Crippen molar-refractivity contribution in [3.63, 3.8) is 0 Å². The Kier molecular flexibility index (Phi) is 4.37. The molecule has 0 saturated carbocycles. The minimum absolute atomic E-state index is 0.798. The summed E-state index contributed by atoms with van der Waals surface area (Å²) in [6.45, 7) is 8.33. The normalized spacial score (nSPS) is 15.5. The first-order chi connectivity index (χ1) is 12.4. The Balaban J connectivity index is 1.91. The Bertz CT molecular complexity index is 1010. The van der Waals surface area contributed by atoms with E-state index in [1.54, 1.807) is 0 Å². The van der Waals surface area contributed by atoms with Crippen LogP contribution in [0.15, 0.2) is 30.3 Å². The van der Waals surface area contributed by atoms with Gasteiger partial charge in [-0.15, -0.1) is 0 Å². The average molecular weight is 366 g/mol. The molecule has 1 aromatic carbocycles. The summed E-state index contributed by atoms with van der Waals surface area (Å²) < 4.78 is 2.37. The summed E-state index contributed by atoms with van der Waals surface area (Å²) >= 11 is 6.30. The van der Waals surface area contributed by atoms with Gasteiger partial charge in [0, 0.05) is 53.2 Å². The second-order valence-corrected chi connectivity index (χ2v) is 7.83. The van der Waals surface area contributed by atoms with Gasteiger partial charge in [0.1, 0.15) is 0 Å². The van der Waals surface area contributed by atoms with Crippen molar-refractivity contribution in [3.05, 3.63) is 63.6 Å². The molecule has 0 bridgehead atoms. The van der Waals surface area contributed by atoms with Crippen LogP contribution < -0.4 is 0 Å². The number of aryl methyl sites for hydroxylation is 2. The molecule has 0 aliphatic carbocycles. The highest BCUT2D eigenvalue weighted by Crippen LogP contribution is 2.33. The maximum atomic E-state index is 6.30. The monoisotopic (exact) mass is 365 g/mol. The van der Waals surface area contributed by atoms with Gasteiger partial charge in [0.05, 0.1) is 5.52 Å². The Morgan fingerprint density at radius 2 is 1.88 bits per heavy atom. The maximum Gasteiger partial charge on any atom is 0.0529 e. The predicted molar refractivity (Wildman–Crippen MR) is 111 cm³/mol. The molecule has 1 aliphatic rings. The highest BCUT2D eigenvalue weighted by molar-refractivity contribution is 6.31. The molecule has 0 amide bonds. The first kappa shape index (κ1) is 17.3. The van der Waals surface area contributed by atoms with Crippen molar-refractivity contribution in [2.75, 3.05) is 13.6 Å². The molecular weight excluding hydrogens is 342 g/mol. The highest BCUT2D eigenvalue weighted by atomic mass is 35.5. The number of nitrogens with zero attached hydrogens (tertiary/aromatic N) is 3. The van der Waals surface area contributed by atoms with Crippen molar-refractivity contribution in [2.45, 2.75) is 33.7 Å². The third-order valence-electron chi connectivity index (χ3n) is 5.20. The summed E-state index contributed by atoms with van der Waals surface area (Å²) in [6.07, 6.45) is 3.32. The Morgan fingerprint density at radius 1 is 1.15 bits per heavy atom. The van der Waals surface area contributed by atoms with Crippen molar-refractivity contribution >= 4 is 34.3 Å². The molecule has 0 atom stereocenters. The van der Waals surface area contributed by atoms with Gasteiger partial charge in [-0.3, -0.25) is 4.98 Å². The van der Waals surface area contributed by atoms with E-state index in [1.165, 1.54) is 33.3 Å². The summed E-state index contributed by atoms with van der Waals surface area (Å²) in [7, 11) is 2.18. The first-order valence-corrected chi connectivity index (χ1v) is 9.44. The molecule has 3 aromatic rings. The fraction of sp³-hybridized carbons (Fsp3) is 0.318. The number of pyridine rings is 1. The summed E-state index contributed by atoms with van der Waals surface area (Å²) in [6, 6.07) is 10.5. The summed E-state index contributed by atoms with van der Waals surface area (Å²) in [5, 5.41) is 2.07.